The fraction of sp³-hybridized carbons (Fsp3) is 0.188. The Kier molecular flexibility index (Phi) is 5.55. The minimum absolute atomic E-state index is 0.0722. The molecular formula is C16H14ClN3OS3. The lowest BCUT2D eigenvalue weighted by Crippen LogP contribution is -2.13. The van der Waals surface area contributed by atoms with Crippen molar-refractivity contribution in [2.75, 3.05) is 11.1 Å². The van der Waals surface area contributed by atoms with Crippen molar-refractivity contribution in [3.05, 3.63) is 45.2 Å². The molecule has 0 saturated heterocycles. The zero-order valence-corrected chi connectivity index (χ0v) is 16.2. The number of nitrogens with zero attached hydrogens (tertiary/aromatic N) is 2. The third kappa shape index (κ3) is 4.36. The molecule has 3 aromatic rings. The number of aryl methyl sites for hydroxylation is 2. The van der Waals surface area contributed by atoms with Crippen LogP contribution in [0, 0.1) is 13.8 Å². The number of amides is 1. The molecule has 2 heterocycles. The summed E-state index contributed by atoms with van der Waals surface area (Å²) in [4.78, 5) is 22.0. The molecule has 0 spiro atoms. The summed E-state index contributed by atoms with van der Waals surface area (Å²) in [6.45, 7) is 3.93. The molecule has 0 fully saturated rings. The second-order valence-corrected chi connectivity index (χ2v) is 8.72. The number of aromatic nitrogens is 2. The zero-order valence-electron chi connectivity index (χ0n) is 13.0. The Labute approximate surface area is 157 Å². The van der Waals surface area contributed by atoms with Crippen LogP contribution in [-0.2, 0) is 4.79 Å². The molecular weight excluding hydrogens is 382 g/mol. The molecule has 0 bridgehead atoms. The molecule has 2 aromatic heterocycles. The largest absolute Gasteiger partial charge is 0.301 e. The predicted octanol–water partition coefficient (Wildman–Crippen LogP) is 5.27. The number of thiazole rings is 2. The zero-order chi connectivity index (χ0) is 17.1. The molecule has 124 valence electrons. The quantitative estimate of drug-likeness (QED) is 0.598. The number of benzene rings is 1. The van der Waals surface area contributed by atoms with Crippen LogP contribution in [-0.4, -0.2) is 21.6 Å². The Morgan fingerprint density at radius 2 is 2.00 bits per heavy atom. The van der Waals surface area contributed by atoms with Gasteiger partial charge in [-0.05, 0) is 26.0 Å². The van der Waals surface area contributed by atoms with E-state index in [9.17, 15) is 4.79 Å². The summed E-state index contributed by atoms with van der Waals surface area (Å²) in [6, 6.07) is 7.56. The van der Waals surface area contributed by atoms with Gasteiger partial charge in [0.15, 0.2) is 9.47 Å². The molecule has 1 N–H and O–H groups in total. The Morgan fingerprint density at radius 1 is 1.25 bits per heavy atom. The number of thioether (sulfide) groups is 1. The summed E-state index contributed by atoms with van der Waals surface area (Å²) in [5, 5.41) is 6.16. The molecule has 0 saturated carbocycles. The molecule has 0 atom stereocenters. The highest BCUT2D eigenvalue weighted by molar-refractivity contribution is 8.01. The van der Waals surface area contributed by atoms with Crippen molar-refractivity contribution in [3.8, 4) is 11.3 Å². The lowest BCUT2D eigenvalue weighted by Gasteiger charge is -1.99. The van der Waals surface area contributed by atoms with Crippen molar-refractivity contribution in [2.45, 2.75) is 18.2 Å². The number of rotatable bonds is 5. The van der Waals surface area contributed by atoms with Gasteiger partial charge in [-0.2, -0.15) is 0 Å². The number of anilines is 1. The van der Waals surface area contributed by atoms with Gasteiger partial charge in [0, 0.05) is 20.8 Å². The second kappa shape index (κ2) is 7.65. The minimum Gasteiger partial charge on any atom is -0.301 e. The number of carbonyl (C=O) groups is 1. The van der Waals surface area contributed by atoms with E-state index < -0.39 is 0 Å². The molecule has 24 heavy (non-hydrogen) atoms. The molecule has 0 aliphatic heterocycles. The van der Waals surface area contributed by atoms with Gasteiger partial charge in [-0.25, -0.2) is 9.97 Å². The highest BCUT2D eigenvalue weighted by Crippen LogP contribution is 2.29. The lowest BCUT2D eigenvalue weighted by molar-refractivity contribution is -0.113. The Morgan fingerprint density at radius 3 is 2.67 bits per heavy atom. The van der Waals surface area contributed by atoms with E-state index in [1.807, 2.05) is 43.5 Å². The average molecular weight is 396 g/mol. The number of carbonyl (C=O) groups excluding carboxylic acids is 1. The van der Waals surface area contributed by atoms with E-state index >= 15 is 0 Å². The monoisotopic (exact) mass is 395 g/mol. The average Bonchev–Trinajstić information content (AvgIpc) is 3.13. The van der Waals surface area contributed by atoms with E-state index in [0.717, 1.165) is 26.2 Å². The van der Waals surface area contributed by atoms with Crippen LogP contribution in [0.5, 0.6) is 0 Å². The highest BCUT2D eigenvalue weighted by Gasteiger charge is 2.11. The Hall–Kier alpha value is -1.41. The smallest absolute Gasteiger partial charge is 0.236 e. The Balaban J connectivity index is 1.57. The van der Waals surface area contributed by atoms with Gasteiger partial charge in [-0.15, -0.1) is 22.7 Å². The molecule has 1 amide bonds. The van der Waals surface area contributed by atoms with E-state index in [-0.39, 0.29) is 5.91 Å². The van der Waals surface area contributed by atoms with E-state index in [1.165, 1.54) is 34.4 Å². The molecule has 1 aromatic carbocycles. The van der Waals surface area contributed by atoms with Gasteiger partial charge in [0.25, 0.3) is 0 Å². The number of halogens is 1. The van der Waals surface area contributed by atoms with Gasteiger partial charge in [0.2, 0.25) is 5.91 Å². The number of hydrogen-bond donors (Lipinski definition) is 1. The molecule has 3 rings (SSSR count). The fourth-order valence-electron chi connectivity index (χ4n) is 1.89. The third-order valence-corrected chi connectivity index (χ3v) is 6.49. The van der Waals surface area contributed by atoms with E-state index in [0.29, 0.717) is 15.9 Å². The van der Waals surface area contributed by atoms with Crippen LogP contribution in [0.1, 0.15) is 10.6 Å². The first-order valence-corrected chi connectivity index (χ1v) is 10.2. The van der Waals surface area contributed by atoms with Crippen LogP contribution in [0.3, 0.4) is 0 Å². The van der Waals surface area contributed by atoms with Gasteiger partial charge in [0.1, 0.15) is 0 Å². The van der Waals surface area contributed by atoms with Crippen molar-refractivity contribution >= 4 is 57.1 Å². The maximum Gasteiger partial charge on any atom is 0.236 e. The summed E-state index contributed by atoms with van der Waals surface area (Å²) >= 11 is 10.3. The fourth-order valence-corrected chi connectivity index (χ4v) is 4.48. The summed E-state index contributed by atoms with van der Waals surface area (Å²) in [7, 11) is 0. The molecule has 0 radical (unpaired) electrons. The summed E-state index contributed by atoms with van der Waals surface area (Å²) < 4.78 is 0.863. The van der Waals surface area contributed by atoms with Crippen molar-refractivity contribution in [1.82, 2.24) is 9.97 Å². The predicted molar refractivity (Wildman–Crippen MR) is 104 cm³/mol. The van der Waals surface area contributed by atoms with Crippen molar-refractivity contribution in [1.29, 1.82) is 0 Å². The summed E-state index contributed by atoms with van der Waals surface area (Å²) in [6.07, 6.45) is 0. The first-order chi connectivity index (χ1) is 11.5. The second-order valence-electron chi connectivity index (χ2n) is 5.00. The number of nitrogens with one attached hydrogen (secondary N) is 1. The van der Waals surface area contributed by atoms with Gasteiger partial charge in [0.05, 0.1) is 17.1 Å². The standard InChI is InChI=1S/C16H14ClN3OS3/c1-9-10(2)24-15(18-9)20-14(21)8-23-16-19-13(7-22-16)11-3-5-12(17)6-4-11/h3-7H,8H2,1-2H3,(H,18,20,21). The first-order valence-electron chi connectivity index (χ1n) is 7.09. The third-order valence-electron chi connectivity index (χ3n) is 3.22. The van der Waals surface area contributed by atoms with Gasteiger partial charge >= 0.3 is 0 Å². The SMILES string of the molecule is Cc1nc(NC(=O)CSc2nc(-c3ccc(Cl)cc3)cs2)sc1C. The van der Waals surface area contributed by atoms with Gasteiger partial charge in [-0.1, -0.05) is 35.5 Å². The van der Waals surface area contributed by atoms with Crippen LogP contribution in [0.25, 0.3) is 11.3 Å². The molecule has 4 nitrogen and oxygen atoms in total. The number of hydrogen-bond acceptors (Lipinski definition) is 6. The maximum absolute atomic E-state index is 12.0. The van der Waals surface area contributed by atoms with Crippen LogP contribution < -0.4 is 5.32 Å². The minimum atomic E-state index is -0.0722. The van der Waals surface area contributed by atoms with Gasteiger partial charge < -0.3 is 5.32 Å². The molecule has 0 aliphatic rings. The van der Waals surface area contributed by atoms with E-state index in [4.69, 9.17) is 11.6 Å². The van der Waals surface area contributed by atoms with E-state index in [1.54, 1.807) is 0 Å². The van der Waals surface area contributed by atoms with Gasteiger partial charge in [-0.3, -0.25) is 4.79 Å². The van der Waals surface area contributed by atoms with Crippen LogP contribution in [0.2, 0.25) is 5.02 Å². The first kappa shape index (κ1) is 17.4. The Bertz CT molecular complexity index is 838. The maximum atomic E-state index is 12.0. The topological polar surface area (TPSA) is 54.9 Å². The van der Waals surface area contributed by atoms with Crippen LogP contribution in [0.15, 0.2) is 34.0 Å². The normalized spacial score (nSPS) is 10.8. The van der Waals surface area contributed by atoms with Crippen molar-refractivity contribution < 1.29 is 4.79 Å². The van der Waals surface area contributed by atoms with Crippen molar-refractivity contribution in [3.63, 3.8) is 0 Å². The molecule has 0 unspecified atom stereocenters. The lowest BCUT2D eigenvalue weighted by atomic mass is 10.2. The molecule has 0 aliphatic carbocycles. The molecule has 8 heteroatoms. The highest BCUT2D eigenvalue weighted by atomic mass is 35.5. The van der Waals surface area contributed by atoms with E-state index in [2.05, 4.69) is 15.3 Å². The van der Waals surface area contributed by atoms with Crippen LogP contribution >= 0.6 is 46.0 Å². The summed E-state index contributed by atoms with van der Waals surface area (Å²) in [5.41, 5.74) is 2.86. The van der Waals surface area contributed by atoms with Crippen molar-refractivity contribution in [2.24, 2.45) is 0 Å². The van der Waals surface area contributed by atoms with Crippen LogP contribution in [0.4, 0.5) is 5.13 Å². The summed E-state index contributed by atoms with van der Waals surface area (Å²) in [5.74, 6) is 0.239.